The average Bonchev–Trinajstić information content (AvgIpc) is 2.96. The number of hydrogen-bond acceptors (Lipinski definition) is 8. The molecule has 1 saturated heterocycles. The van der Waals surface area contributed by atoms with Gasteiger partial charge in [0.1, 0.15) is 19.2 Å². The lowest BCUT2D eigenvalue weighted by Crippen LogP contribution is -2.56. The predicted octanol–water partition coefficient (Wildman–Crippen LogP) is 3.06. The molecule has 0 radical (unpaired) electrons. The largest absolute Gasteiger partial charge is 0.453 e. The number of aliphatic hydroxyl groups excluding tert-OH is 1. The van der Waals surface area contributed by atoms with Crippen molar-refractivity contribution in [2.75, 3.05) is 38.7 Å². The third-order valence-electron chi connectivity index (χ3n) is 6.49. The van der Waals surface area contributed by atoms with Crippen LogP contribution in [0.2, 0.25) is 0 Å². The van der Waals surface area contributed by atoms with Gasteiger partial charge in [-0.25, -0.2) is 9.59 Å². The normalized spacial score (nSPS) is 20.3. The molecule has 3 amide bonds. The van der Waals surface area contributed by atoms with E-state index in [-0.39, 0.29) is 18.6 Å². The van der Waals surface area contributed by atoms with Crippen LogP contribution in [0.5, 0.6) is 0 Å². The van der Waals surface area contributed by atoms with E-state index in [1.807, 2.05) is 25.1 Å². The lowest BCUT2D eigenvalue weighted by Gasteiger charge is -2.36. The minimum absolute atomic E-state index is 0.294. The summed E-state index contributed by atoms with van der Waals surface area (Å²) in [7, 11) is 1.21. The smallest absolute Gasteiger partial charge is 0.407 e. The minimum atomic E-state index is -4.56. The van der Waals surface area contributed by atoms with Crippen LogP contribution in [0, 0.1) is 5.92 Å². The van der Waals surface area contributed by atoms with Gasteiger partial charge in [-0.2, -0.15) is 13.2 Å². The predicted molar refractivity (Wildman–Crippen MR) is 149 cm³/mol. The Labute approximate surface area is 242 Å². The van der Waals surface area contributed by atoms with Crippen molar-refractivity contribution in [2.24, 2.45) is 5.92 Å². The lowest BCUT2D eigenvalue weighted by atomic mass is 9.94. The minimum Gasteiger partial charge on any atom is -0.453 e. The van der Waals surface area contributed by atoms with E-state index in [4.69, 9.17) is 14.2 Å². The number of aryl methyl sites for hydroxylation is 1. The first-order chi connectivity index (χ1) is 20.0. The fraction of sp³-hybridized carbons (Fsp3) is 0.536. The van der Waals surface area contributed by atoms with Gasteiger partial charge in [0.15, 0.2) is 0 Å². The summed E-state index contributed by atoms with van der Waals surface area (Å²) in [6.45, 7) is 3.67. The molecule has 1 fully saturated rings. The molecule has 5 N–H and O–H groups in total. The van der Waals surface area contributed by atoms with Crippen molar-refractivity contribution < 1.29 is 46.9 Å². The first kappa shape index (κ1) is 34.6. The summed E-state index contributed by atoms with van der Waals surface area (Å²) >= 11 is 0. The Kier molecular flexibility index (Phi) is 14.3. The van der Waals surface area contributed by atoms with E-state index in [9.17, 15) is 32.7 Å². The van der Waals surface area contributed by atoms with Crippen molar-refractivity contribution in [3.8, 4) is 0 Å². The molecule has 1 aromatic carbocycles. The summed E-state index contributed by atoms with van der Waals surface area (Å²) < 4.78 is 52.3. The first-order valence-corrected chi connectivity index (χ1v) is 13.4. The number of morpholine rings is 1. The number of halogens is 3. The molecule has 1 aliphatic heterocycles. The third-order valence-corrected chi connectivity index (χ3v) is 6.49. The van der Waals surface area contributed by atoms with Crippen LogP contribution in [-0.2, 0) is 25.4 Å². The summed E-state index contributed by atoms with van der Waals surface area (Å²) in [6, 6.07) is 5.64. The number of ether oxygens (including phenoxy) is 3. The van der Waals surface area contributed by atoms with E-state index >= 15 is 0 Å². The Balaban J connectivity index is 1.99. The fourth-order valence-electron chi connectivity index (χ4n) is 4.41. The number of nitrogens with one attached hydrogen (secondary N) is 4. The van der Waals surface area contributed by atoms with E-state index in [1.54, 1.807) is 29.6 Å². The Hall–Kier alpha value is -3.62. The number of hydrogen-bond donors (Lipinski definition) is 5. The zero-order valence-corrected chi connectivity index (χ0v) is 23.6. The molecule has 0 bridgehead atoms. The van der Waals surface area contributed by atoms with Crippen LogP contribution in [0.4, 0.5) is 28.4 Å². The molecule has 11 nitrogen and oxygen atoms in total. The standard InChI is InChI=1S/C28H39F3N4O7/c1-4-8-19(9-5-2)24(35-27(39)40-3)25(37)34-21-11-7-6-10-18(21)12-13-20-14-32-22(23(15-36)42-20)16-41-26(38)33-17-28(29,30)31/h4-7,9-11,19-20,22-24,32,36H,1,8,12-17H2,2-3H3,(H,33,38)(H,34,37)(H,35,39)/b9-5+/t19-,20-,22-,23-,24?/m1/s1. The fourth-order valence-corrected chi connectivity index (χ4v) is 4.41. The molecule has 1 aliphatic rings. The number of aliphatic hydroxyl groups is 1. The maximum absolute atomic E-state index is 13.3. The first-order valence-electron chi connectivity index (χ1n) is 13.4. The number of carbonyl (C=O) groups excluding carboxylic acids is 3. The number of methoxy groups -OCH3 is 1. The van der Waals surface area contributed by atoms with E-state index in [0.29, 0.717) is 31.5 Å². The monoisotopic (exact) mass is 600 g/mol. The molecule has 5 atom stereocenters. The maximum Gasteiger partial charge on any atom is 0.407 e. The zero-order valence-electron chi connectivity index (χ0n) is 23.6. The SMILES string of the molecule is C=CC[C@H](/C=C/C)C(NC(=O)OC)C(=O)Nc1ccccc1CC[C@@H]1CN[C@H](COC(=O)NCC(F)(F)F)[C@@H](CO)O1. The van der Waals surface area contributed by atoms with E-state index in [2.05, 4.69) is 22.5 Å². The number of allylic oxidation sites excluding steroid dienone is 2. The topological polar surface area (TPSA) is 147 Å². The summed E-state index contributed by atoms with van der Waals surface area (Å²) in [4.78, 5) is 36.8. The number of alkyl halides is 3. The van der Waals surface area contributed by atoms with Crippen LogP contribution in [0.25, 0.3) is 0 Å². The highest BCUT2D eigenvalue weighted by Gasteiger charge is 2.33. The van der Waals surface area contributed by atoms with Crippen molar-refractivity contribution in [2.45, 2.75) is 56.7 Å². The Morgan fingerprint density at radius 1 is 1.26 bits per heavy atom. The van der Waals surface area contributed by atoms with Crippen molar-refractivity contribution in [3.05, 3.63) is 54.6 Å². The number of rotatable bonds is 14. The van der Waals surface area contributed by atoms with Gasteiger partial charge in [-0.3, -0.25) is 4.79 Å². The summed E-state index contributed by atoms with van der Waals surface area (Å²) in [5.74, 6) is -0.792. The van der Waals surface area contributed by atoms with Crippen molar-refractivity contribution in [1.29, 1.82) is 0 Å². The van der Waals surface area contributed by atoms with Gasteiger partial charge in [0.25, 0.3) is 0 Å². The number of benzene rings is 1. The van der Waals surface area contributed by atoms with Crippen molar-refractivity contribution in [3.63, 3.8) is 0 Å². The van der Waals surface area contributed by atoms with Gasteiger partial charge in [0.05, 0.1) is 32.0 Å². The zero-order chi connectivity index (χ0) is 31.1. The van der Waals surface area contributed by atoms with Gasteiger partial charge >= 0.3 is 18.4 Å². The summed E-state index contributed by atoms with van der Waals surface area (Å²) in [5, 5.41) is 20.0. The Bertz CT molecular complexity index is 1070. The number of alkyl carbamates (subject to hydrolysis) is 2. The second-order valence-corrected chi connectivity index (χ2v) is 9.57. The molecule has 0 spiro atoms. The Morgan fingerprint density at radius 3 is 2.64 bits per heavy atom. The van der Waals surface area contributed by atoms with Gasteiger partial charge in [-0.15, -0.1) is 6.58 Å². The quantitative estimate of drug-likeness (QED) is 0.205. The van der Waals surface area contributed by atoms with Crippen LogP contribution < -0.4 is 21.3 Å². The molecule has 234 valence electrons. The molecule has 0 aliphatic carbocycles. The second-order valence-electron chi connectivity index (χ2n) is 9.57. The van der Waals surface area contributed by atoms with E-state index in [1.165, 1.54) is 7.11 Å². The number of amides is 3. The molecule has 1 aromatic rings. The molecule has 1 heterocycles. The second kappa shape index (κ2) is 17.4. The van der Waals surface area contributed by atoms with E-state index in [0.717, 1.165) is 5.56 Å². The highest BCUT2D eigenvalue weighted by atomic mass is 19.4. The van der Waals surface area contributed by atoms with Crippen molar-refractivity contribution in [1.82, 2.24) is 16.0 Å². The molecule has 14 heteroatoms. The molecular formula is C28H39F3N4O7. The molecule has 2 rings (SSSR count). The summed E-state index contributed by atoms with van der Waals surface area (Å²) in [5.41, 5.74) is 1.36. The number of para-hydroxylation sites is 1. The van der Waals surface area contributed by atoms with Gasteiger partial charge < -0.3 is 40.6 Å². The molecule has 0 aromatic heterocycles. The van der Waals surface area contributed by atoms with Crippen LogP contribution in [0.1, 0.15) is 25.3 Å². The highest BCUT2D eigenvalue weighted by Crippen LogP contribution is 2.22. The van der Waals surface area contributed by atoms with Gasteiger partial charge in [0, 0.05) is 18.2 Å². The van der Waals surface area contributed by atoms with Gasteiger partial charge in [-0.05, 0) is 37.8 Å². The number of carbonyl (C=O) groups is 3. The van der Waals surface area contributed by atoms with Crippen LogP contribution in [0.15, 0.2) is 49.1 Å². The lowest BCUT2D eigenvalue weighted by molar-refractivity contribution is -0.124. The maximum atomic E-state index is 13.3. The van der Waals surface area contributed by atoms with Crippen molar-refractivity contribution >= 4 is 23.8 Å². The van der Waals surface area contributed by atoms with Crippen LogP contribution in [0.3, 0.4) is 0 Å². The Morgan fingerprint density at radius 2 is 2.00 bits per heavy atom. The van der Waals surface area contributed by atoms with Crippen LogP contribution >= 0.6 is 0 Å². The summed E-state index contributed by atoms with van der Waals surface area (Å²) in [6.07, 6.45) is -0.940. The van der Waals surface area contributed by atoms with Crippen LogP contribution in [-0.4, -0.2) is 87.1 Å². The molecular weight excluding hydrogens is 561 g/mol. The number of anilines is 1. The highest BCUT2D eigenvalue weighted by molar-refractivity contribution is 5.97. The van der Waals surface area contributed by atoms with Gasteiger partial charge in [0.2, 0.25) is 5.91 Å². The average molecular weight is 601 g/mol. The molecule has 42 heavy (non-hydrogen) atoms. The van der Waals surface area contributed by atoms with E-state index < -0.39 is 55.6 Å². The molecule has 0 saturated carbocycles. The van der Waals surface area contributed by atoms with Gasteiger partial charge in [-0.1, -0.05) is 36.4 Å². The third kappa shape index (κ3) is 11.7. The molecule has 1 unspecified atom stereocenters.